The van der Waals surface area contributed by atoms with Gasteiger partial charge in [-0.3, -0.25) is 9.80 Å². The molecular formula is C24H25N3O5S. The van der Waals surface area contributed by atoms with Crippen molar-refractivity contribution in [2.24, 2.45) is 0 Å². The molecule has 2 amide bonds. The van der Waals surface area contributed by atoms with Crippen LogP contribution in [0.2, 0.25) is 0 Å². The molecule has 33 heavy (non-hydrogen) atoms. The molecule has 0 radical (unpaired) electrons. The van der Waals surface area contributed by atoms with Crippen LogP contribution in [0.25, 0.3) is 0 Å². The maximum atomic E-state index is 13.6. The number of hydrogen-bond donors (Lipinski definition) is 2. The molecule has 0 aliphatic carbocycles. The molecule has 1 saturated heterocycles. The van der Waals surface area contributed by atoms with Crippen molar-refractivity contribution in [3.63, 3.8) is 0 Å². The number of benzene rings is 2. The number of amides is 2. The number of carboxylic acids is 1. The van der Waals surface area contributed by atoms with E-state index < -0.39 is 24.5 Å². The molecule has 9 heteroatoms. The van der Waals surface area contributed by atoms with Crippen LogP contribution in [-0.2, 0) is 16.1 Å². The van der Waals surface area contributed by atoms with Crippen molar-refractivity contribution in [2.45, 2.75) is 19.1 Å². The Labute approximate surface area is 195 Å². The van der Waals surface area contributed by atoms with Crippen molar-refractivity contribution >= 4 is 34.7 Å². The Hall–Kier alpha value is -3.24. The molecule has 172 valence electrons. The van der Waals surface area contributed by atoms with Crippen LogP contribution >= 0.6 is 11.3 Å². The zero-order valence-electron chi connectivity index (χ0n) is 17.9. The lowest BCUT2D eigenvalue weighted by atomic mass is 10.1. The van der Waals surface area contributed by atoms with E-state index in [4.69, 9.17) is 4.74 Å². The van der Waals surface area contributed by atoms with Crippen LogP contribution in [0.1, 0.15) is 4.88 Å². The fourth-order valence-corrected chi connectivity index (χ4v) is 4.38. The lowest BCUT2D eigenvalue weighted by Gasteiger charge is -2.42. The van der Waals surface area contributed by atoms with E-state index in [2.05, 4.69) is 0 Å². The number of aliphatic hydroxyl groups excluding tert-OH is 1. The number of aliphatic hydroxyl groups is 1. The number of carbonyl (C=O) groups is 2. The Kier molecular flexibility index (Phi) is 7.36. The van der Waals surface area contributed by atoms with Gasteiger partial charge in [-0.2, -0.15) is 0 Å². The number of aliphatic carboxylic acids is 1. The monoisotopic (exact) mass is 467 g/mol. The molecule has 2 N–H and O–H groups in total. The molecule has 1 unspecified atom stereocenters. The van der Waals surface area contributed by atoms with Gasteiger partial charge in [-0.1, -0.05) is 42.5 Å². The maximum Gasteiger partial charge on any atom is 0.329 e. The molecular weight excluding hydrogens is 442 g/mol. The van der Waals surface area contributed by atoms with E-state index in [9.17, 15) is 19.8 Å². The summed E-state index contributed by atoms with van der Waals surface area (Å²) in [4.78, 5) is 31.1. The van der Waals surface area contributed by atoms with Gasteiger partial charge in [0.25, 0.3) is 0 Å². The normalized spacial score (nSPS) is 17.5. The van der Waals surface area contributed by atoms with Crippen molar-refractivity contribution in [3.05, 3.63) is 83.1 Å². The third-order valence-corrected chi connectivity index (χ3v) is 6.28. The smallest absolute Gasteiger partial charge is 0.329 e. The van der Waals surface area contributed by atoms with Crippen LogP contribution in [-0.4, -0.2) is 64.1 Å². The van der Waals surface area contributed by atoms with Gasteiger partial charge in [0.1, 0.15) is 6.04 Å². The van der Waals surface area contributed by atoms with Crippen LogP contribution in [0, 0.1) is 0 Å². The number of thiophene rings is 1. The highest BCUT2D eigenvalue weighted by Gasteiger charge is 2.39. The summed E-state index contributed by atoms with van der Waals surface area (Å²) in [5.41, 5.74) is 1.28. The highest BCUT2D eigenvalue weighted by atomic mass is 32.1. The quantitative estimate of drug-likeness (QED) is 0.516. The number of ether oxygens (including phenoxy) is 1. The van der Waals surface area contributed by atoms with Gasteiger partial charge >= 0.3 is 12.0 Å². The standard InChI is InChI=1S/C24H25N3O5S/c28-22(29)21-16-25(24(31)32-17-20-12-7-15-33-20)13-14-26(21)23(30)27(18-8-3-1-4-9-18)19-10-5-2-6-11-19/h1-12,15,21,24,31H,13-14,16-17H2,(H,28,29)/t21-,24?/m0/s1. The predicted molar refractivity (Wildman–Crippen MR) is 125 cm³/mol. The molecule has 4 rings (SSSR count). The van der Waals surface area contributed by atoms with Gasteiger partial charge in [0.2, 0.25) is 6.41 Å². The van der Waals surface area contributed by atoms with Gasteiger partial charge in [-0.05, 0) is 35.7 Å². The molecule has 0 bridgehead atoms. The second kappa shape index (κ2) is 10.6. The molecule has 2 aromatic carbocycles. The van der Waals surface area contributed by atoms with Crippen LogP contribution in [0.4, 0.5) is 16.2 Å². The fourth-order valence-electron chi connectivity index (χ4n) is 3.75. The van der Waals surface area contributed by atoms with Gasteiger partial charge in [0.15, 0.2) is 0 Å². The van der Waals surface area contributed by atoms with E-state index in [1.807, 2.05) is 53.9 Å². The van der Waals surface area contributed by atoms with Gasteiger partial charge in [0.05, 0.1) is 18.0 Å². The Morgan fingerprint density at radius 3 is 2.18 bits per heavy atom. The Morgan fingerprint density at radius 2 is 1.64 bits per heavy atom. The number of hydrogen-bond acceptors (Lipinski definition) is 6. The average molecular weight is 468 g/mol. The number of carboxylic acid groups (broad SMARTS) is 1. The van der Waals surface area contributed by atoms with Crippen LogP contribution in [0.5, 0.6) is 0 Å². The largest absolute Gasteiger partial charge is 0.480 e. The van der Waals surface area contributed by atoms with Gasteiger partial charge < -0.3 is 19.8 Å². The van der Waals surface area contributed by atoms with Crippen LogP contribution in [0.3, 0.4) is 0 Å². The lowest BCUT2D eigenvalue weighted by Crippen LogP contribution is -2.62. The summed E-state index contributed by atoms with van der Waals surface area (Å²) in [6, 6.07) is 20.5. The number of piperazine rings is 1. The zero-order valence-corrected chi connectivity index (χ0v) is 18.7. The molecule has 0 spiro atoms. The van der Waals surface area contributed by atoms with Crippen LogP contribution < -0.4 is 4.90 Å². The Balaban J connectivity index is 1.52. The molecule has 1 fully saturated rings. The zero-order chi connectivity index (χ0) is 23.2. The summed E-state index contributed by atoms with van der Waals surface area (Å²) in [6.45, 7) is 0.583. The minimum absolute atomic E-state index is 0.0515. The maximum absolute atomic E-state index is 13.6. The lowest BCUT2D eigenvalue weighted by molar-refractivity contribution is -0.210. The number of nitrogens with zero attached hydrogens (tertiary/aromatic N) is 3. The molecule has 0 saturated carbocycles. The average Bonchev–Trinajstić information content (AvgIpc) is 3.37. The minimum Gasteiger partial charge on any atom is -0.480 e. The highest BCUT2D eigenvalue weighted by Crippen LogP contribution is 2.28. The molecule has 2 atom stereocenters. The molecule has 2 heterocycles. The number of carbonyl (C=O) groups excluding carboxylic acids is 1. The summed E-state index contributed by atoms with van der Waals surface area (Å²) >= 11 is 1.51. The molecule has 1 aliphatic rings. The molecule has 1 aliphatic heterocycles. The first-order valence-corrected chi connectivity index (χ1v) is 11.4. The van der Waals surface area contributed by atoms with Gasteiger partial charge in [-0.15, -0.1) is 11.3 Å². The second-order valence-corrected chi connectivity index (χ2v) is 8.58. The SMILES string of the molecule is O=C(O)[C@@H]1CN(C(O)OCc2cccs2)CCN1C(=O)N(c1ccccc1)c1ccccc1. The van der Waals surface area contributed by atoms with Crippen molar-refractivity contribution < 1.29 is 24.5 Å². The fraction of sp³-hybridized carbons (Fsp3) is 0.250. The van der Waals surface area contributed by atoms with E-state index >= 15 is 0 Å². The predicted octanol–water partition coefficient (Wildman–Crippen LogP) is 3.57. The topological polar surface area (TPSA) is 93.5 Å². The van der Waals surface area contributed by atoms with Crippen molar-refractivity contribution in [3.8, 4) is 0 Å². The highest BCUT2D eigenvalue weighted by molar-refractivity contribution is 7.09. The van der Waals surface area contributed by atoms with Gasteiger partial charge in [-0.25, -0.2) is 9.59 Å². The number of rotatable bonds is 7. The van der Waals surface area contributed by atoms with Crippen LogP contribution in [0.15, 0.2) is 78.2 Å². The van der Waals surface area contributed by atoms with E-state index in [1.54, 1.807) is 24.3 Å². The molecule has 3 aromatic rings. The van der Waals surface area contributed by atoms with E-state index in [1.165, 1.54) is 26.0 Å². The minimum atomic E-state index is -1.26. The Morgan fingerprint density at radius 1 is 1.00 bits per heavy atom. The molecule has 8 nitrogen and oxygen atoms in total. The molecule has 1 aromatic heterocycles. The first-order valence-electron chi connectivity index (χ1n) is 10.5. The first kappa shape index (κ1) is 22.9. The summed E-state index contributed by atoms with van der Waals surface area (Å²) in [7, 11) is 0. The summed E-state index contributed by atoms with van der Waals surface area (Å²) in [5, 5.41) is 22.3. The number of anilines is 2. The van der Waals surface area contributed by atoms with E-state index in [-0.39, 0.29) is 26.2 Å². The van der Waals surface area contributed by atoms with Crippen molar-refractivity contribution in [1.82, 2.24) is 9.80 Å². The Bertz CT molecular complexity index is 1010. The van der Waals surface area contributed by atoms with Gasteiger partial charge in [0, 0.05) is 24.5 Å². The summed E-state index contributed by atoms with van der Waals surface area (Å²) in [5.74, 6) is -1.14. The number of para-hydroxylation sites is 2. The summed E-state index contributed by atoms with van der Waals surface area (Å²) < 4.78 is 5.52. The first-order chi connectivity index (χ1) is 16.0. The summed E-state index contributed by atoms with van der Waals surface area (Å²) in [6.07, 6.45) is -1.26. The van der Waals surface area contributed by atoms with Crippen molar-refractivity contribution in [1.29, 1.82) is 0 Å². The van der Waals surface area contributed by atoms with E-state index in [0.29, 0.717) is 11.4 Å². The number of urea groups is 1. The third kappa shape index (κ3) is 5.40. The second-order valence-electron chi connectivity index (χ2n) is 7.55. The van der Waals surface area contributed by atoms with Crippen molar-refractivity contribution in [2.75, 3.05) is 24.5 Å². The third-order valence-electron chi connectivity index (χ3n) is 5.43. The van der Waals surface area contributed by atoms with E-state index in [0.717, 1.165) is 4.88 Å².